The smallest absolute Gasteiger partial charge is 0.196 e. The van der Waals surface area contributed by atoms with Gasteiger partial charge in [0, 0.05) is 30.1 Å². The van der Waals surface area contributed by atoms with Crippen molar-refractivity contribution in [2.45, 2.75) is 49.2 Å². The van der Waals surface area contributed by atoms with E-state index >= 15 is 0 Å². The molecule has 0 bridgehead atoms. The van der Waals surface area contributed by atoms with Gasteiger partial charge in [-0.25, -0.2) is 0 Å². The minimum Gasteiger partial charge on any atom is -0.345 e. The van der Waals surface area contributed by atoms with Crippen LogP contribution in [0.15, 0.2) is 23.1 Å². The van der Waals surface area contributed by atoms with E-state index < -0.39 is 5.12 Å². The van der Waals surface area contributed by atoms with Gasteiger partial charge in [0.2, 0.25) is 0 Å². The van der Waals surface area contributed by atoms with Crippen LogP contribution in [0.25, 0.3) is 0 Å². The van der Waals surface area contributed by atoms with Gasteiger partial charge in [-0.3, -0.25) is 16.0 Å². The van der Waals surface area contributed by atoms with Crippen molar-refractivity contribution in [2.75, 3.05) is 25.0 Å². The van der Waals surface area contributed by atoms with Crippen molar-refractivity contribution in [1.82, 2.24) is 10.2 Å². The molecule has 4 N–H and O–H groups in total. The number of anilines is 1. The number of thioether (sulfide) groups is 1. The molecule has 2 unspecified atom stereocenters. The lowest BCUT2D eigenvalue weighted by molar-refractivity contribution is 0.127. The maximum absolute atomic E-state index is 6.48. The second-order valence-electron chi connectivity index (χ2n) is 6.79. The maximum Gasteiger partial charge on any atom is 0.196 e. The summed E-state index contributed by atoms with van der Waals surface area (Å²) in [5.74, 6) is 0.713. The molecule has 1 aromatic rings. The van der Waals surface area contributed by atoms with Gasteiger partial charge in [0.1, 0.15) is 0 Å². The van der Waals surface area contributed by atoms with Crippen LogP contribution in [0.5, 0.6) is 0 Å². The Bertz CT molecular complexity index is 480. The first-order valence-corrected chi connectivity index (χ1v) is 9.13. The predicted octanol–water partition coefficient (Wildman–Crippen LogP) is 2.67. The summed E-state index contributed by atoms with van der Waals surface area (Å²) in [6.07, 6.45) is 3.91. The van der Waals surface area contributed by atoms with Gasteiger partial charge in [0.05, 0.1) is 5.69 Å². The van der Waals surface area contributed by atoms with Crippen LogP contribution in [0.1, 0.15) is 33.1 Å². The molecule has 1 saturated heterocycles. The van der Waals surface area contributed by atoms with E-state index in [0.29, 0.717) is 12.0 Å². The van der Waals surface area contributed by atoms with Crippen molar-refractivity contribution in [1.29, 1.82) is 0 Å². The Morgan fingerprint density at radius 2 is 2.41 bits per heavy atom. The van der Waals surface area contributed by atoms with Crippen LogP contribution in [0.2, 0.25) is 0 Å². The maximum atomic E-state index is 6.48. The van der Waals surface area contributed by atoms with Crippen LogP contribution in [-0.2, 0) is 0 Å². The fourth-order valence-corrected chi connectivity index (χ4v) is 4.35. The summed E-state index contributed by atoms with van der Waals surface area (Å²) in [5.41, 5.74) is 7.48. The Morgan fingerprint density at radius 1 is 1.55 bits per heavy atom. The molecule has 1 aromatic carbocycles. The molecule has 2 atom stereocenters. The highest BCUT2D eigenvalue weighted by Gasteiger charge is 2.35. The average molecular weight is 319 g/mol. The zero-order chi connectivity index (χ0) is 15.6. The minimum absolute atomic E-state index is 0.590. The Labute approximate surface area is 138 Å². The highest BCUT2D eigenvalue weighted by Crippen LogP contribution is 2.40. The van der Waals surface area contributed by atoms with Crippen molar-refractivity contribution in [3.63, 3.8) is 0 Å². The molecule has 0 amide bonds. The number of nitrogens with two attached hydrogens (primary N) is 1. The molecule has 3 rings (SSSR count). The fraction of sp³-hybridized carbons (Fsp3) is 0.647. The van der Waals surface area contributed by atoms with E-state index in [1.54, 1.807) is 11.8 Å². The second kappa shape index (κ2) is 6.79. The average Bonchev–Trinajstić information content (AvgIpc) is 2.82. The number of rotatable bonds is 5. The number of para-hydroxylation sites is 1. The van der Waals surface area contributed by atoms with Crippen molar-refractivity contribution < 1.29 is 0 Å². The van der Waals surface area contributed by atoms with Gasteiger partial charge in [0.25, 0.3) is 0 Å². The molecule has 2 aliphatic rings. The van der Waals surface area contributed by atoms with Crippen molar-refractivity contribution in [3.05, 3.63) is 24.3 Å². The highest BCUT2D eigenvalue weighted by molar-refractivity contribution is 8.01. The first-order valence-electron chi connectivity index (χ1n) is 8.31. The fourth-order valence-electron chi connectivity index (χ4n) is 3.34. The van der Waals surface area contributed by atoms with Crippen LogP contribution in [-0.4, -0.2) is 35.7 Å². The molecule has 0 spiro atoms. The largest absolute Gasteiger partial charge is 0.345 e. The number of nitrogens with zero attached hydrogens (tertiary/aromatic N) is 1. The lowest BCUT2D eigenvalue weighted by Gasteiger charge is -2.38. The number of nitrogens with one attached hydrogen (secondary N) is 2. The molecule has 0 aromatic heterocycles. The zero-order valence-electron chi connectivity index (χ0n) is 13.6. The Morgan fingerprint density at radius 3 is 3.18 bits per heavy atom. The van der Waals surface area contributed by atoms with Gasteiger partial charge in [0.15, 0.2) is 5.12 Å². The van der Waals surface area contributed by atoms with E-state index in [1.165, 1.54) is 37.2 Å². The highest BCUT2D eigenvalue weighted by atomic mass is 32.2. The van der Waals surface area contributed by atoms with E-state index in [4.69, 9.17) is 5.73 Å². The predicted molar refractivity (Wildman–Crippen MR) is 93.7 cm³/mol. The third-order valence-electron chi connectivity index (χ3n) is 4.35. The Kier molecular flexibility index (Phi) is 4.97. The molecular weight excluding hydrogens is 292 g/mol. The minimum atomic E-state index is -0.610. The summed E-state index contributed by atoms with van der Waals surface area (Å²) in [4.78, 5) is 3.80. The Hall–Kier alpha value is -0.750. The van der Waals surface area contributed by atoms with Gasteiger partial charge < -0.3 is 5.32 Å². The standard InChI is InChI=1S/C17H27N4S/c1-13(2)12-21-10-6-5-7-14(21)11-19-17(18)20-15-8-3-4-9-16(15)22-17/h3-4,9,13-14,19-20H,5-7,10-12,18H2,1-2H3. The monoisotopic (exact) mass is 319 g/mol. The van der Waals surface area contributed by atoms with E-state index in [1.807, 2.05) is 12.1 Å². The first kappa shape index (κ1) is 16.1. The van der Waals surface area contributed by atoms with Crippen molar-refractivity contribution in [3.8, 4) is 0 Å². The van der Waals surface area contributed by atoms with Gasteiger partial charge in [-0.05, 0) is 31.4 Å². The summed E-state index contributed by atoms with van der Waals surface area (Å²) in [6, 6.07) is 9.82. The van der Waals surface area contributed by atoms with E-state index in [0.717, 1.165) is 12.2 Å². The second-order valence-corrected chi connectivity index (χ2v) is 8.08. The van der Waals surface area contributed by atoms with Crippen molar-refractivity contribution >= 4 is 17.4 Å². The van der Waals surface area contributed by atoms with Gasteiger partial charge >= 0.3 is 0 Å². The molecule has 4 nitrogen and oxygen atoms in total. The van der Waals surface area contributed by atoms with E-state index in [-0.39, 0.29) is 0 Å². The summed E-state index contributed by atoms with van der Waals surface area (Å²) in [5, 5.41) is 6.30. The summed E-state index contributed by atoms with van der Waals surface area (Å²) in [7, 11) is 0. The third-order valence-corrected chi connectivity index (χ3v) is 5.48. The number of hydrogen-bond donors (Lipinski definition) is 3. The molecular formula is C17H27N4S. The van der Waals surface area contributed by atoms with Crippen LogP contribution in [0, 0.1) is 12.0 Å². The molecule has 121 valence electrons. The normalized spacial score (nSPS) is 28.6. The SMILES string of the molecule is CC(C)CN1CCCCC1CNC1(N)Nc2[c]cccc2S1. The van der Waals surface area contributed by atoms with E-state index in [2.05, 4.69) is 41.5 Å². The van der Waals surface area contributed by atoms with Crippen LogP contribution in [0.4, 0.5) is 5.69 Å². The topological polar surface area (TPSA) is 53.3 Å². The quantitative estimate of drug-likeness (QED) is 0.729. The molecule has 5 heteroatoms. The number of likely N-dealkylation sites (tertiary alicyclic amines) is 1. The lowest BCUT2D eigenvalue weighted by atomic mass is 10.0. The number of hydrogen-bond acceptors (Lipinski definition) is 5. The van der Waals surface area contributed by atoms with Crippen LogP contribution < -0.4 is 16.4 Å². The van der Waals surface area contributed by atoms with Gasteiger partial charge in [-0.2, -0.15) is 0 Å². The molecule has 0 saturated carbocycles. The van der Waals surface area contributed by atoms with Crippen LogP contribution >= 0.6 is 11.8 Å². The molecule has 2 aliphatic heterocycles. The molecule has 1 fully saturated rings. The first-order chi connectivity index (χ1) is 10.6. The molecule has 22 heavy (non-hydrogen) atoms. The zero-order valence-corrected chi connectivity index (χ0v) is 14.4. The van der Waals surface area contributed by atoms with Crippen molar-refractivity contribution in [2.24, 2.45) is 11.7 Å². The van der Waals surface area contributed by atoms with Gasteiger partial charge in [-0.15, -0.1) is 0 Å². The number of fused-ring (bicyclic) bond motifs is 1. The number of benzene rings is 1. The third kappa shape index (κ3) is 3.77. The Balaban J connectivity index is 1.57. The van der Waals surface area contributed by atoms with Crippen LogP contribution in [0.3, 0.4) is 0 Å². The number of piperidine rings is 1. The molecule has 2 heterocycles. The lowest BCUT2D eigenvalue weighted by Crippen LogP contribution is -2.59. The summed E-state index contributed by atoms with van der Waals surface area (Å²) < 4.78 is 0. The summed E-state index contributed by atoms with van der Waals surface area (Å²) >= 11 is 1.65. The molecule has 1 radical (unpaired) electrons. The van der Waals surface area contributed by atoms with E-state index in [9.17, 15) is 0 Å². The van der Waals surface area contributed by atoms with Gasteiger partial charge in [-0.1, -0.05) is 44.2 Å². The molecule has 0 aliphatic carbocycles. The summed E-state index contributed by atoms with van der Waals surface area (Å²) in [6.45, 7) is 7.92.